The quantitative estimate of drug-likeness (QED) is 0.759. The molecular weight excluding hydrogens is 370 g/mol. The lowest BCUT2D eigenvalue weighted by molar-refractivity contribution is -0.132. The summed E-state index contributed by atoms with van der Waals surface area (Å²) < 4.78 is 5.33. The fraction of sp³-hybridized carbons (Fsp3) is 0.714. The molecule has 1 atom stereocenters. The number of likely N-dealkylation sites (tertiary alicyclic amines) is 2. The van der Waals surface area contributed by atoms with Crippen molar-refractivity contribution in [3.63, 3.8) is 0 Å². The zero-order valence-corrected chi connectivity index (χ0v) is 17.3. The Morgan fingerprint density at radius 2 is 1.76 bits per heavy atom. The Kier molecular flexibility index (Phi) is 6.40. The molecule has 0 N–H and O–H groups in total. The molecule has 3 fully saturated rings. The van der Waals surface area contributed by atoms with Crippen LogP contribution in [0.2, 0.25) is 0 Å². The standard InChI is InChI=1S/C21H31N5O3/c1-16-17(21(28)25-10-12-29-13-11-25)14-22-20(23-16)18-6-2-3-9-26(18)15-19(27)24-7-4-5-8-24/h14,18H,2-13,15H2,1H3/t18-/m0/s1. The van der Waals surface area contributed by atoms with Crippen LogP contribution in [0.5, 0.6) is 0 Å². The number of rotatable bonds is 4. The van der Waals surface area contributed by atoms with E-state index >= 15 is 0 Å². The Morgan fingerprint density at radius 3 is 2.48 bits per heavy atom. The highest BCUT2D eigenvalue weighted by Gasteiger charge is 2.31. The van der Waals surface area contributed by atoms with Gasteiger partial charge >= 0.3 is 0 Å². The smallest absolute Gasteiger partial charge is 0.257 e. The van der Waals surface area contributed by atoms with Crippen LogP contribution in [-0.2, 0) is 9.53 Å². The molecule has 8 nitrogen and oxygen atoms in total. The summed E-state index contributed by atoms with van der Waals surface area (Å²) in [7, 11) is 0. The normalized spacial score (nSPS) is 23.4. The van der Waals surface area contributed by atoms with Gasteiger partial charge in [-0.05, 0) is 39.2 Å². The van der Waals surface area contributed by atoms with E-state index < -0.39 is 0 Å². The number of carbonyl (C=O) groups is 2. The van der Waals surface area contributed by atoms with Gasteiger partial charge in [-0.25, -0.2) is 9.97 Å². The minimum Gasteiger partial charge on any atom is -0.378 e. The maximum absolute atomic E-state index is 12.8. The van der Waals surface area contributed by atoms with Crippen molar-refractivity contribution >= 4 is 11.8 Å². The van der Waals surface area contributed by atoms with Crippen molar-refractivity contribution < 1.29 is 14.3 Å². The number of aryl methyl sites for hydroxylation is 1. The number of morpholine rings is 1. The predicted molar refractivity (Wildman–Crippen MR) is 107 cm³/mol. The minimum atomic E-state index is -0.0259. The molecule has 3 aliphatic rings. The molecule has 3 saturated heterocycles. The molecule has 3 aliphatic heterocycles. The van der Waals surface area contributed by atoms with Gasteiger partial charge in [0.05, 0.1) is 37.1 Å². The first-order valence-corrected chi connectivity index (χ1v) is 10.9. The molecule has 4 rings (SSSR count). The van der Waals surface area contributed by atoms with Crippen LogP contribution in [-0.4, -0.2) is 89.0 Å². The van der Waals surface area contributed by atoms with Gasteiger partial charge < -0.3 is 14.5 Å². The number of ether oxygens (including phenoxy) is 1. The third kappa shape index (κ3) is 4.59. The molecule has 8 heteroatoms. The van der Waals surface area contributed by atoms with Crippen LogP contribution < -0.4 is 0 Å². The first kappa shape index (κ1) is 20.2. The number of piperidine rings is 1. The van der Waals surface area contributed by atoms with Gasteiger partial charge in [0.15, 0.2) is 0 Å². The lowest BCUT2D eigenvalue weighted by atomic mass is 10.0. The highest BCUT2D eigenvalue weighted by molar-refractivity contribution is 5.95. The lowest BCUT2D eigenvalue weighted by Gasteiger charge is -2.35. The Labute approximate surface area is 172 Å². The van der Waals surface area contributed by atoms with Gasteiger partial charge in [0.2, 0.25) is 5.91 Å². The van der Waals surface area contributed by atoms with E-state index in [1.165, 1.54) is 0 Å². The van der Waals surface area contributed by atoms with Crippen LogP contribution >= 0.6 is 0 Å². The average Bonchev–Trinajstić information content (AvgIpc) is 3.29. The second-order valence-corrected chi connectivity index (χ2v) is 8.20. The fourth-order valence-corrected chi connectivity index (χ4v) is 4.51. The van der Waals surface area contributed by atoms with E-state index in [-0.39, 0.29) is 17.9 Å². The molecule has 2 amide bonds. The van der Waals surface area contributed by atoms with Gasteiger partial charge in [0.25, 0.3) is 5.91 Å². The van der Waals surface area contributed by atoms with Crippen LogP contribution in [0.4, 0.5) is 0 Å². The largest absolute Gasteiger partial charge is 0.378 e. The Balaban J connectivity index is 1.47. The summed E-state index contributed by atoms with van der Waals surface area (Å²) in [6.07, 6.45) is 7.03. The average molecular weight is 402 g/mol. The van der Waals surface area contributed by atoms with Crippen molar-refractivity contribution in [3.05, 3.63) is 23.3 Å². The van der Waals surface area contributed by atoms with Crippen LogP contribution in [0.1, 0.15) is 60.0 Å². The number of amides is 2. The van der Waals surface area contributed by atoms with Crippen molar-refractivity contribution in [1.82, 2.24) is 24.7 Å². The van der Waals surface area contributed by atoms with Gasteiger partial charge in [-0.2, -0.15) is 0 Å². The maximum atomic E-state index is 12.8. The zero-order chi connectivity index (χ0) is 20.2. The molecule has 0 bridgehead atoms. The number of hydrogen-bond donors (Lipinski definition) is 0. The Bertz CT molecular complexity index is 744. The number of aromatic nitrogens is 2. The Morgan fingerprint density at radius 1 is 1.03 bits per heavy atom. The number of hydrogen-bond acceptors (Lipinski definition) is 6. The molecule has 0 spiro atoms. The molecule has 158 valence electrons. The highest BCUT2D eigenvalue weighted by Crippen LogP contribution is 2.29. The molecule has 29 heavy (non-hydrogen) atoms. The first-order chi connectivity index (χ1) is 14.1. The summed E-state index contributed by atoms with van der Waals surface area (Å²) in [6, 6.07) is 0.0431. The summed E-state index contributed by atoms with van der Waals surface area (Å²) in [5.74, 6) is 0.919. The van der Waals surface area contributed by atoms with Crippen molar-refractivity contribution in [3.8, 4) is 0 Å². The van der Waals surface area contributed by atoms with E-state index in [0.717, 1.165) is 57.6 Å². The highest BCUT2D eigenvalue weighted by atomic mass is 16.5. The van der Waals surface area contributed by atoms with E-state index in [4.69, 9.17) is 9.72 Å². The van der Waals surface area contributed by atoms with Crippen LogP contribution in [0.3, 0.4) is 0 Å². The first-order valence-electron chi connectivity index (χ1n) is 10.9. The van der Waals surface area contributed by atoms with Gasteiger partial charge in [-0.15, -0.1) is 0 Å². The topological polar surface area (TPSA) is 78.9 Å². The number of carbonyl (C=O) groups excluding carboxylic acids is 2. The summed E-state index contributed by atoms with van der Waals surface area (Å²) in [5.41, 5.74) is 1.27. The van der Waals surface area contributed by atoms with Gasteiger partial charge in [-0.3, -0.25) is 14.5 Å². The maximum Gasteiger partial charge on any atom is 0.257 e. The SMILES string of the molecule is Cc1nc([C@@H]2CCCCN2CC(=O)N2CCCC2)ncc1C(=O)N1CCOCC1. The molecule has 0 aromatic carbocycles. The molecule has 1 aromatic heterocycles. The summed E-state index contributed by atoms with van der Waals surface area (Å²) in [4.78, 5) is 40.7. The molecule has 0 aliphatic carbocycles. The van der Waals surface area contributed by atoms with Crippen LogP contribution in [0.25, 0.3) is 0 Å². The van der Waals surface area contributed by atoms with Crippen LogP contribution in [0, 0.1) is 6.92 Å². The van der Waals surface area contributed by atoms with E-state index in [2.05, 4.69) is 9.88 Å². The van der Waals surface area contributed by atoms with Crippen molar-refractivity contribution in [2.45, 2.75) is 45.1 Å². The zero-order valence-electron chi connectivity index (χ0n) is 17.3. The van der Waals surface area contributed by atoms with Crippen molar-refractivity contribution in [1.29, 1.82) is 0 Å². The molecule has 1 aromatic rings. The lowest BCUT2D eigenvalue weighted by Crippen LogP contribution is -2.43. The minimum absolute atomic E-state index is 0.0259. The summed E-state index contributed by atoms with van der Waals surface area (Å²) in [6.45, 7) is 7.32. The summed E-state index contributed by atoms with van der Waals surface area (Å²) in [5, 5.41) is 0. The van der Waals surface area contributed by atoms with Gasteiger partial charge in [0.1, 0.15) is 5.82 Å². The second-order valence-electron chi connectivity index (χ2n) is 8.20. The van der Waals surface area contributed by atoms with Crippen LogP contribution in [0.15, 0.2) is 6.20 Å². The Hall–Kier alpha value is -2.06. The molecule has 0 unspecified atom stereocenters. The van der Waals surface area contributed by atoms with E-state index in [0.29, 0.717) is 44.1 Å². The third-order valence-corrected chi connectivity index (χ3v) is 6.24. The fourth-order valence-electron chi connectivity index (χ4n) is 4.51. The monoisotopic (exact) mass is 401 g/mol. The summed E-state index contributed by atoms with van der Waals surface area (Å²) >= 11 is 0. The molecule has 4 heterocycles. The second kappa shape index (κ2) is 9.17. The molecule has 0 saturated carbocycles. The van der Waals surface area contributed by atoms with E-state index in [1.54, 1.807) is 11.1 Å². The van der Waals surface area contributed by atoms with E-state index in [1.807, 2.05) is 11.8 Å². The van der Waals surface area contributed by atoms with Gasteiger partial charge in [-0.1, -0.05) is 6.42 Å². The molecule has 0 radical (unpaired) electrons. The predicted octanol–water partition coefficient (Wildman–Crippen LogP) is 1.41. The van der Waals surface area contributed by atoms with E-state index in [9.17, 15) is 9.59 Å². The third-order valence-electron chi connectivity index (χ3n) is 6.24. The van der Waals surface area contributed by atoms with Crippen molar-refractivity contribution in [2.24, 2.45) is 0 Å². The van der Waals surface area contributed by atoms with Crippen molar-refractivity contribution in [2.75, 3.05) is 52.5 Å². The number of nitrogens with zero attached hydrogens (tertiary/aromatic N) is 5. The molecular formula is C21H31N5O3. The van der Waals surface area contributed by atoms with Gasteiger partial charge in [0, 0.05) is 32.4 Å².